The van der Waals surface area contributed by atoms with Gasteiger partial charge in [-0.25, -0.2) is 0 Å². The minimum absolute atomic E-state index is 0.268. The van der Waals surface area contributed by atoms with Crippen molar-refractivity contribution in [1.82, 2.24) is 5.32 Å². The molecule has 1 aromatic carbocycles. The van der Waals surface area contributed by atoms with Crippen LogP contribution in [0.4, 0.5) is 0 Å². The van der Waals surface area contributed by atoms with Crippen molar-refractivity contribution >= 4 is 11.8 Å². The Morgan fingerprint density at radius 1 is 1.39 bits per heavy atom. The minimum Gasteiger partial charge on any atom is -0.508 e. The zero-order chi connectivity index (χ0) is 13.0. The molecule has 1 aromatic rings. The number of rotatable bonds is 5. The molecule has 0 amide bonds. The van der Waals surface area contributed by atoms with Crippen LogP contribution in [0.1, 0.15) is 44.2 Å². The Morgan fingerprint density at radius 3 is 2.83 bits per heavy atom. The topological polar surface area (TPSA) is 32.3 Å². The summed E-state index contributed by atoms with van der Waals surface area (Å²) in [6.07, 6.45) is 7.10. The fraction of sp³-hybridized carbons (Fsp3) is 0.600. The molecule has 2 N–H and O–H groups in total. The van der Waals surface area contributed by atoms with Crippen LogP contribution < -0.4 is 5.32 Å². The van der Waals surface area contributed by atoms with E-state index in [-0.39, 0.29) is 6.04 Å². The second-order valence-corrected chi connectivity index (χ2v) is 6.07. The van der Waals surface area contributed by atoms with Crippen LogP contribution in [0.25, 0.3) is 0 Å². The molecule has 2 nitrogen and oxygen atoms in total. The smallest absolute Gasteiger partial charge is 0.120 e. The molecule has 18 heavy (non-hydrogen) atoms. The highest BCUT2D eigenvalue weighted by molar-refractivity contribution is 7.99. The van der Waals surface area contributed by atoms with Crippen LogP contribution in [0, 0.1) is 0 Å². The maximum absolute atomic E-state index is 9.96. The number of benzene rings is 1. The molecule has 0 radical (unpaired) electrons. The van der Waals surface area contributed by atoms with Gasteiger partial charge < -0.3 is 10.4 Å². The number of hydrogen-bond donors (Lipinski definition) is 2. The van der Waals surface area contributed by atoms with Gasteiger partial charge in [-0.15, -0.1) is 0 Å². The zero-order valence-electron chi connectivity index (χ0n) is 11.2. The average Bonchev–Trinajstić information content (AvgIpc) is 2.84. The van der Waals surface area contributed by atoms with Gasteiger partial charge in [-0.1, -0.05) is 31.5 Å². The van der Waals surface area contributed by atoms with Crippen molar-refractivity contribution in [3.05, 3.63) is 29.8 Å². The van der Waals surface area contributed by atoms with E-state index in [9.17, 15) is 5.11 Å². The predicted octanol–water partition coefficient (Wildman–Crippen LogP) is 3.72. The van der Waals surface area contributed by atoms with Crippen LogP contribution in [-0.4, -0.2) is 22.7 Å². The lowest BCUT2D eigenvalue weighted by Crippen LogP contribution is -2.36. The Morgan fingerprint density at radius 2 is 2.17 bits per heavy atom. The van der Waals surface area contributed by atoms with Gasteiger partial charge in [0.05, 0.1) is 0 Å². The first kappa shape index (κ1) is 13.8. The molecule has 0 aromatic heterocycles. The molecule has 0 heterocycles. The molecular weight excluding hydrogens is 242 g/mol. The SMILES string of the molecule is CCC(NC1CCCC1SC)c1ccccc1O. The summed E-state index contributed by atoms with van der Waals surface area (Å²) in [6.45, 7) is 2.17. The van der Waals surface area contributed by atoms with Crippen molar-refractivity contribution in [3.63, 3.8) is 0 Å². The van der Waals surface area contributed by atoms with Crippen LogP contribution in [0.3, 0.4) is 0 Å². The quantitative estimate of drug-likeness (QED) is 0.851. The van der Waals surface area contributed by atoms with Gasteiger partial charge in [-0.3, -0.25) is 0 Å². The summed E-state index contributed by atoms with van der Waals surface area (Å²) < 4.78 is 0. The number of phenols is 1. The number of hydrogen-bond acceptors (Lipinski definition) is 3. The fourth-order valence-corrected chi connectivity index (χ4v) is 3.81. The van der Waals surface area contributed by atoms with Crippen LogP contribution >= 0.6 is 11.8 Å². The molecule has 0 spiro atoms. The van der Waals surface area contributed by atoms with Crippen LogP contribution in [-0.2, 0) is 0 Å². The van der Waals surface area contributed by atoms with Crippen LogP contribution in [0.2, 0.25) is 0 Å². The molecule has 1 aliphatic carbocycles. The van der Waals surface area contributed by atoms with E-state index in [1.54, 1.807) is 6.07 Å². The van der Waals surface area contributed by atoms with Crippen molar-refractivity contribution in [2.45, 2.75) is 49.9 Å². The van der Waals surface area contributed by atoms with Gasteiger partial charge >= 0.3 is 0 Å². The van der Waals surface area contributed by atoms with E-state index in [0.29, 0.717) is 11.8 Å². The first-order valence-electron chi connectivity index (χ1n) is 6.83. The third kappa shape index (κ3) is 3.01. The number of nitrogens with one attached hydrogen (secondary N) is 1. The van der Waals surface area contributed by atoms with Gasteiger partial charge in [0.25, 0.3) is 0 Å². The van der Waals surface area contributed by atoms with Gasteiger partial charge in [-0.2, -0.15) is 11.8 Å². The first-order chi connectivity index (χ1) is 8.76. The molecule has 1 fully saturated rings. The van der Waals surface area contributed by atoms with E-state index >= 15 is 0 Å². The van der Waals surface area contributed by atoms with E-state index < -0.39 is 0 Å². The van der Waals surface area contributed by atoms with E-state index in [1.807, 2.05) is 30.0 Å². The summed E-state index contributed by atoms with van der Waals surface area (Å²) in [5.41, 5.74) is 1.03. The highest BCUT2D eigenvalue weighted by Gasteiger charge is 2.28. The lowest BCUT2D eigenvalue weighted by molar-refractivity contribution is 0.409. The molecule has 0 bridgehead atoms. The van der Waals surface area contributed by atoms with Gasteiger partial charge in [0.2, 0.25) is 0 Å². The number of thioether (sulfide) groups is 1. The summed E-state index contributed by atoms with van der Waals surface area (Å²) in [7, 11) is 0. The van der Waals surface area contributed by atoms with E-state index in [4.69, 9.17) is 0 Å². The fourth-order valence-electron chi connectivity index (χ4n) is 2.87. The van der Waals surface area contributed by atoms with Crippen molar-refractivity contribution in [3.8, 4) is 5.75 Å². The van der Waals surface area contributed by atoms with Gasteiger partial charge in [0.1, 0.15) is 5.75 Å². The second kappa shape index (κ2) is 6.48. The standard InChI is InChI=1S/C15H23NOS/c1-3-12(11-7-4-5-9-14(11)17)16-13-8-6-10-15(13)18-2/h4-5,7,9,12-13,15-17H,3,6,8,10H2,1-2H3. The van der Waals surface area contributed by atoms with Crippen LogP contribution in [0.15, 0.2) is 24.3 Å². The Labute approximate surface area is 114 Å². The van der Waals surface area contributed by atoms with Gasteiger partial charge in [0.15, 0.2) is 0 Å². The summed E-state index contributed by atoms with van der Waals surface area (Å²) in [6, 6.07) is 8.54. The largest absolute Gasteiger partial charge is 0.508 e. The molecule has 3 heteroatoms. The maximum Gasteiger partial charge on any atom is 0.120 e. The molecule has 1 saturated carbocycles. The normalized spacial score (nSPS) is 25.2. The average molecular weight is 265 g/mol. The first-order valence-corrected chi connectivity index (χ1v) is 8.11. The van der Waals surface area contributed by atoms with Crippen molar-refractivity contribution in [2.75, 3.05) is 6.26 Å². The third-order valence-corrected chi connectivity index (χ3v) is 5.06. The Balaban J connectivity index is 2.08. The van der Waals surface area contributed by atoms with Crippen molar-refractivity contribution in [1.29, 1.82) is 0 Å². The van der Waals surface area contributed by atoms with Crippen molar-refractivity contribution in [2.24, 2.45) is 0 Å². The summed E-state index contributed by atoms with van der Waals surface area (Å²) >= 11 is 1.97. The number of para-hydroxylation sites is 1. The lowest BCUT2D eigenvalue weighted by Gasteiger charge is -2.26. The second-order valence-electron chi connectivity index (χ2n) is 5.00. The molecule has 1 aliphatic rings. The van der Waals surface area contributed by atoms with E-state index in [1.165, 1.54) is 19.3 Å². The summed E-state index contributed by atoms with van der Waals surface area (Å²) in [5, 5.41) is 14.4. The Hall–Kier alpha value is -0.670. The van der Waals surface area contributed by atoms with E-state index in [2.05, 4.69) is 18.5 Å². The van der Waals surface area contributed by atoms with Gasteiger partial charge in [-0.05, 0) is 31.6 Å². The van der Waals surface area contributed by atoms with E-state index in [0.717, 1.165) is 17.2 Å². The zero-order valence-corrected chi connectivity index (χ0v) is 12.0. The molecular formula is C15H23NOS. The Kier molecular flexibility index (Phi) is 4.95. The molecule has 0 aliphatic heterocycles. The Bertz CT molecular complexity index is 383. The monoisotopic (exact) mass is 265 g/mol. The van der Waals surface area contributed by atoms with Crippen LogP contribution in [0.5, 0.6) is 5.75 Å². The number of phenolic OH excluding ortho intramolecular Hbond substituents is 1. The van der Waals surface area contributed by atoms with Gasteiger partial charge in [0, 0.05) is 22.9 Å². The molecule has 0 saturated heterocycles. The number of aromatic hydroxyl groups is 1. The minimum atomic E-state index is 0.268. The highest BCUT2D eigenvalue weighted by Crippen LogP contribution is 2.32. The third-order valence-electron chi connectivity index (χ3n) is 3.89. The summed E-state index contributed by atoms with van der Waals surface area (Å²) in [4.78, 5) is 0. The van der Waals surface area contributed by atoms with Crippen molar-refractivity contribution < 1.29 is 5.11 Å². The highest BCUT2D eigenvalue weighted by atomic mass is 32.2. The molecule has 2 rings (SSSR count). The maximum atomic E-state index is 9.96. The molecule has 3 atom stereocenters. The molecule has 100 valence electrons. The molecule has 3 unspecified atom stereocenters. The predicted molar refractivity (Wildman–Crippen MR) is 79.2 cm³/mol. The summed E-state index contributed by atoms with van der Waals surface area (Å²) in [5.74, 6) is 0.413. The lowest BCUT2D eigenvalue weighted by atomic mass is 10.0.